The van der Waals surface area contributed by atoms with Gasteiger partial charge in [0.25, 0.3) is 0 Å². The van der Waals surface area contributed by atoms with Crippen LogP contribution in [-0.4, -0.2) is 33.7 Å². The van der Waals surface area contributed by atoms with Gasteiger partial charge in [0.1, 0.15) is 17.7 Å². The lowest BCUT2D eigenvalue weighted by molar-refractivity contribution is 0.563. The Morgan fingerprint density at radius 2 is 1.94 bits per heavy atom. The Morgan fingerprint density at radius 3 is 2.78 bits per heavy atom. The number of anilines is 1. The number of imidazole rings is 1. The van der Waals surface area contributed by atoms with Gasteiger partial charge in [-0.1, -0.05) is 30.3 Å². The number of H-pyrrole nitrogens is 1. The van der Waals surface area contributed by atoms with Crippen LogP contribution in [0.5, 0.6) is 0 Å². The maximum absolute atomic E-state index is 14.0. The molecule has 0 aliphatic heterocycles. The maximum atomic E-state index is 14.0. The third-order valence-corrected chi connectivity index (χ3v) is 5.61. The molecule has 3 aromatic heterocycles. The molecule has 32 heavy (non-hydrogen) atoms. The lowest BCUT2D eigenvalue weighted by Gasteiger charge is -2.14. The van der Waals surface area contributed by atoms with E-state index in [9.17, 15) is 13.2 Å². The quantitative estimate of drug-likeness (QED) is 0.336. The Kier molecular flexibility index (Phi) is 5.29. The van der Waals surface area contributed by atoms with Gasteiger partial charge in [-0.05, 0) is 29.3 Å². The van der Waals surface area contributed by atoms with E-state index in [1.165, 1.54) is 18.5 Å². The summed E-state index contributed by atoms with van der Waals surface area (Å²) < 4.78 is 34.8. The van der Waals surface area contributed by atoms with Gasteiger partial charge in [-0.25, -0.2) is 28.5 Å². The van der Waals surface area contributed by atoms with E-state index in [2.05, 4.69) is 25.3 Å². The summed E-state index contributed by atoms with van der Waals surface area (Å²) in [5.41, 5.74) is 4.49. The normalized spacial score (nSPS) is 12.3. The lowest BCUT2D eigenvalue weighted by Crippen LogP contribution is -2.06. The number of hydrogen-bond donors (Lipinski definition) is 3. The fourth-order valence-corrected chi connectivity index (χ4v) is 4.15. The zero-order chi connectivity index (χ0) is 22.1. The van der Waals surface area contributed by atoms with Crippen molar-refractivity contribution in [2.24, 2.45) is 0 Å². The highest BCUT2D eigenvalue weighted by molar-refractivity contribution is 7.78. The average molecular weight is 448 g/mol. The van der Waals surface area contributed by atoms with Crippen LogP contribution in [0.4, 0.5) is 10.2 Å². The van der Waals surface area contributed by atoms with E-state index in [-0.39, 0.29) is 11.6 Å². The number of halogens is 1. The highest BCUT2D eigenvalue weighted by Crippen LogP contribution is 2.29. The molecular formula is C22H17FN6O2S. The fraction of sp³-hybridized carbons (Fsp3) is 0.0909. The van der Waals surface area contributed by atoms with Crippen LogP contribution in [0, 0.1) is 5.82 Å². The van der Waals surface area contributed by atoms with Gasteiger partial charge >= 0.3 is 0 Å². The molecule has 160 valence electrons. The molecule has 0 aliphatic carbocycles. The largest absolute Gasteiger partial charge is 0.364 e. The SMILES string of the molecule is O=S(O)Cc1cccc2cc(CNc3ncnc4nc[nH]c34)c(-c3cccc(F)c3)nc12. The van der Waals surface area contributed by atoms with Crippen molar-refractivity contribution in [1.29, 1.82) is 0 Å². The number of nitrogens with zero attached hydrogens (tertiary/aromatic N) is 4. The molecule has 0 aliphatic rings. The minimum Gasteiger partial charge on any atom is -0.364 e. The predicted molar refractivity (Wildman–Crippen MR) is 121 cm³/mol. The molecule has 0 saturated carbocycles. The topological polar surface area (TPSA) is 117 Å². The van der Waals surface area contributed by atoms with Gasteiger partial charge in [-0.3, -0.25) is 0 Å². The molecule has 0 spiro atoms. The number of pyridine rings is 1. The van der Waals surface area contributed by atoms with Crippen LogP contribution < -0.4 is 5.32 Å². The summed E-state index contributed by atoms with van der Waals surface area (Å²) in [6, 6.07) is 13.6. The van der Waals surface area contributed by atoms with Crippen molar-refractivity contribution >= 4 is 39.0 Å². The van der Waals surface area contributed by atoms with E-state index < -0.39 is 11.1 Å². The summed E-state index contributed by atoms with van der Waals surface area (Å²) in [5.74, 6) is 0.175. The lowest BCUT2D eigenvalue weighted by atomic mass is 10.0. The summed E-state index contributed by atoms with van der Waals surface area (Å²) in [5, 5.41) is 4.10. The van der Waals surface area contributed by atoms with Gasteiger partial charge < -0.3 is 14.9 Å². The molecule has 3 heterocycles. The maximum Gasteiger partial charge on any atom is 0.182 e. The summed E-state index contributed by atoms with van der Waals surface area (Å²) in [4.78, 5) is 20.4. The Hall–Kier alpha value is -3.76. The Bertz CT molecular complexity index is 1470. The zero-order valence-corrected chi connectivity index (χ0v) is 17.4. The second-order valence-corrected chi connectivity index (χ2v) is 8.07. The van der Waals surface area contributed by atoms with E-state index >= 15 is 0 Å². The van der Waals surface area contributed by atoms with Crippen molar-refractivity contribution in [2.75, 3.05) is 5.32 Å². The van der Waals surface area contributed by atoms with Crippen LogP contribution >= 0.6 is 0 Å². The number of aromatic nitrogens is 5. The van der Waals surface area contributed by atoms with Crippen LogP contribution in [0.1, 0.15) is 11.1 Å². The molecule has 10 heteroatoms. The number of fused-ring (bicyclic) bond motifs is 2. The molecule has 0 amide bonds. The van der Waals surface area contributed by atoms with E-state index in [0.717, 1.165) is 10.9 Å². The van der Waals surface area contributed by atoms with Crippen LogP contribution in [0.2, 0.25) is 0 Å². The molecule has 1 atom stereocenters. The Labute approximate surface area is 184 Å². The monoisotopic (exact) mass is 448 g/mol. The molecule has 0 bridgehead atoms. The Morgan fingerprint density at radius 1 is 1.06 bits per heavy atom. The first-order valence-electron chi connectivity index (χ1n) is 9.71. The number of aromatic amines is 1. The molecule has 8 nitrogen and oxygen atoms in total. The molecule has 3 N–H and O–H groups in total. The van der Waals surface area contributed by atoms with Crippen molar-refractivity contribution in [3.05, 3.63) is 78.1 Å². The summed E-state index contributed by atoms with van der Waals surface area (Å²) in [6.45, 7) is 0.357. The van der Waals surface area contributed by atoms with Gasteiger partial charge in [0, 0.05) is 17.5 Å². The first kappa shape index (κ1) is 20.2. The second-order valence-electron chi connectivity index (χ2n) is 7.14. The fourth-order valence-electron chi connectivity index (χ4n) is 3.65. The molecule has 5 aromatic rings. The smallest absolute Gasteiger partial charge is 0.182 e. The first-order chi connectivity index (χ1) is 15.6. The second kappa shape index (κ2) is 8.40. The van der Waals surface area contributed by atoms with Gasteiger partial charge in [-0.15, -0.1) is 0 Å². The number of para-hydroxylation sites is 1. The molecule has 0 fully saturated rings. The van der Waals surface area contributed by atoms with Crippen LogP contribution in [0.15, 0.2) is 61.2 Å². The molecule has 1 unspecified atom stereocenters. The zero-order valence-electron chi connectivity index (χ0n) is 16.6. The Balaban J connectivity index is 1.62. The van der Waals surface area contributed by atoms with Crippen molar-refractivity contribution in [2.45, 2.75) is 12.3 Å². The van der Waals surface area contributed by atoms with Gasteiger partial charge in [0.15, 0.2) is 22.5 Å². The third kappa shape index (κ3) is 3.93. The van der Waals surface area contributed by atoms with Crippen LogP contribution in [0.25, 0.3) is 33.3 Å². The highest BCUT2D eigenvalue weighted by Gasteiger charge is 2.14. The summed E-state index contributed by atoms with van der Waals surface area (Å²) in [7, 11) is 0. The van der Waals surface area contributed by atoms with Crippen LogP contribution in [0.3, 0.4) is 0 Å². The van der Waals surface area contributed by atoms with E-state index in [0.29, 0.717) is 45.9 Å². The molecule has 0 saturated heterocycles. The van der Waals surface area contributed by atoms with Crippen molar-refractivity contribution in [1.82, 2.24) is 24.9 Å². The van der Waals surface area contributed by atoms with Gasteiger partial charge in [0.05, 0.1) is 23.3 Å². The summed E-state index contributed by atoms with van der Waals surface area (Å²) >= 11 is -2.01. The minimum atomic E-state index is -2.01. The van der Waals surface area contributed by atoms with Crippen molar-refractivity contribution < 1.29 is 13.2 Å². The summed E-state index contributed by atoms with van der Waals surface area (Å²) in [6.07, 6.45) is 2.98. The number of nitrogens with one attached hydrogen (secondary N) is 2. The van der Waals surface area contributed by atoms with E-state index in [1.807, 2.05) is 18.2 Å². The number of benzene rings is 2. The van der Waals surface area contributed by atoms with Crippen molar-refractivity contribution in [3.8, 4) is 11.3 Å². The number of rotatable bonds is 6. The third-order valence-electron chi connectivity index (χ3n) is 5.05. The molecule has 0 radical (unpaired) electrons. The van der Waals surface area contributed by atoms with Gasteiger partial charge in [-0.2, -0.15) is 0 Å². The van der Waals surface area contributed by atoms with Crippen LogP contribution in [-0.2, 0) is 23.4 Å². The van der Waals surface area contributed by atoms with Gasteiger partial charge in [0.2, 0.25) is 0 Å². The number of hydrogen-bond acceptors (Lipinski definition) is 6. The molecule has 5 rings (SSSR count). The molecular weight excluding hydrogens is 431 g/mol. The minimum absolute atomic E-state index is 0.0384. The average Bonchev–Trinajstić information content (AvgIpc) is 3.26. The predicted octanol–water partition coefficient (Wildman–Crippen LogP) is 4.04. The van der Waals surface area contributed by atoms with E-state index in [1.54, 1.807) is 24.5 Å². The molecule has 2 aromatic carbocycles. The first-order valence-corrected chi connectivity index (χ1v) is 11.0. The highest BCUT2D eigenvalue weighted by atomic mass is 32.2. The standard InChI is InChI=1S/C22H17FN6O2S/c23-17-6-2-4-14(8-17)19-16(9-24-21-20-22(26-11-25-20)28-12-27-21)7-13-3-1-5-15(10-32(30)31)18(13)29-19/h1-8,11-12H,9-10H2,(H,30,31)(H2,24,25,26,27,28). The van der Waals surface area contributed by atoms with Crippen molar-refractivity contribution in [3.63, 3.8) is 0 Å². The van der Waals surface area contributed by atoms with E-state index in [4.69, 9.17) is 4.98 Å².